The third-order valence-electron chi connectivity index (χ3n) is 1.98. The molecule has 1 aromatic heterocycles. The van der Waals surface area contributed by atoms with E-state index in [9.17, 15) is 4.79 Å². The molecule has 0 amide bonds. The van der Waals surface area contributed by atoms with E-state index < -0.39 is 0 Å². The van der Waals surface area contributed by atoms with Gasteiger partial charge in [0, 0.05) is 23.5 Å². The molecule has 74 valence electrons. The molecular weight excluding hydrogens is 212 g/mol. The number of benzene rings is 1. The fraction of sp³-hybridized carbons (Fsp3) is 0. The summed E-state index contributed by atoms with van der Waals surface area (Å²) in [5.74, 6) is 0. The molecule has 0 unspecified atom stereocenters. The summed E-state index contributed by atoms with van der Waals surface area (Å²) in [6, 6.07) is 5.17. The Labute approximate surface area is 91.8 Å². The van der Waals surface area contributed by atoms with Crippen molar-refractivity contribution in [3.05, 3.63) is 47.4 Å². The lowest BCUT2D eigenvalue weighted by molar-refractivity contribution is 0.112. The highest BCUT2D eigenvalue weighted by Gasteiger charge is 2.03. The average Bonchev–Trinajstić information content (AvgIpc) is 2.31. The quantitative estimate of drug-likeness (QED) is 0.728. The van der Waals surface area contributed by atoms with E-state index >= 15 is 0 Å². The van der Waals surface area contributed by atoms with Gasteiger partial charge in [-0.15, -0.1) is 0 Å². The van der Waals surface area contributed by atoms with Gasteiger partial charge in [0.1, 0.15) is 0 Å². The number of carbonyl (C=O) groups is 1. The molecule has 0 N–H and O–H groups in total. The van der Waals surface area contributed by atoms with Gasteiger partial charge in [-0.25, -0.2) is 0 Å². The minimum absolute atomic E-state index is 0.442. The van der Waals surface area contributed by atoms with Gasteiger partial charge >= 0.3 is 0 Å². The number of halogens is 1. The number of carbonyl (C=O) groups excluding carboxylic acids is 1. The van der Waals surface area contributed by atoms with Crippen LogP contribution in [-0.4, -0.2) is 16.3 Å². The molecular formula is C11H7ClN2O. The van der Waals surface area contributed by atoms with Gasteiger partial charge in [0.05, 0.1) is 16.9 Å². The fourth-order valence-corrected chi connectivity index (χ4v) is 1.40. The molecule has 4 heteroatoms. The lowest BCUT2D eigenvalue weighted by Gasteiger charge is -2.01. The van der Waals surface area contributed by atoms with E-state index in [0.717, 1.165) is 17.5 Å². The Morgan fingerprint density at radius 1 is 1.27 bits per heavy atom. The maximum Gasteiger partial charge on any atom is 0.151 e. The lowest BCUT2D eigenvalue weighted by atomic mass is 10.1. The van der Waals surface area contributed by atoms with E-state index in [1.54, 1.807) is 36.8 Å². The van der Waals surface area contributed by atoms with E-state index in [1.165, 1.54) is 0 Å². The van der Waals surface area contributed by atoms with Gasteiger partial charge in [0.25, 0.3) is 0 Å². The van der Waals surface area contributed by atoms with Crippen LogP contribution in [-0.2, 0) is 0 Å². The third-order valence-corrected chi connectivity index (χ3v) is 2.33. The molecule has 2 aromatic rings. The van der Waals surface area contributed by atoms with Crippen molar-refractivity contribution in [2.24, 2.45) is 0 Å². The Hall–Kier alpha value is -1.74. The van der Waals surface area contributed by atoms with E-state index in [1.807, 2.05) is 0 Å². The van der Waals surface area contributed by atoms with E-state index in [-0.39, 0.29) is 0 Å². The van der Waals surface area contributed by atoms with Crippen LogP contribution in [0.25, 0.3) is 11.3 Å². The third kappa shape index (κ3) is 2.02. The molecule has 0 aliphatic rings. The van der Waals surface area contributed by atoms with Crippen LogP contribution in [0.2, 0.25) is 5.02 Å². The highest BCUT2D eigenvalue weighted by molar-refractivity contribution is 6.33. The number of aldehydes is 1. The second-order valence-corrected chi connectivity index (χ2v) is 3.35. The van der Waals surface area contributed by atoms with Crippen LogP contribution in [0.5, 0.6) is 0 Å². The van der Waals surface area contributed by atoms with Gasteiger partial charge in [0.15, 0.2) is 6.29 Å². The lowest BCUT2D eigenvalue weighted by Crippen LogP contribution is -1.87. The van der Waals surface area contributed by atoms with E-state index in [0.29, 0.717) is 10.6 Å². The van der Waals surface area contributed by atoms with Crippen molar-refractivity contribution in [1.82, 2.24) is 9.97 Å². The Morgan fingerprint density at radius 3 is 2.80 bits per heavy atom. The van der Waals surface area contributed by atoms with Crippen molar-refractivity contribution in [2.45, 2.75) is 0 Å². The van der Waals surface area contributed by atoms with Crippen LogP contribution < -0.4 is 0 Å². The van der Waals surface area contributed by atoms with E-state index in [4.69, 9.17) is 11.6 Å². The SMILES string of the molecule is O=Cc1cc(-c2cnccn2)ccc1Cl. The molecule has 0 bridgehead atoms. The zero-order chi connectivity index (χ0) is 10.7. The van der Waals surface area contributed by atoms with Gasteiger partial charge in [-0.05, 0) is 12.1 Å². The number of nitrogens with zero attached hydrogens (tertiary/aromatic N) is 2. The molecule has 3 nitrogen and oxygen atoms in total. The molecule has 1 heterocycles. The van der Waals surface area contributed by atoms with Crippen molar-refractivity contribution >= 4 is 17.9 Å². The van der Waals surface area contributed by atoms with Gasteiger partial charge in [0.2, 0.25) is 0 Å². The standard InChI is InChI=1S/C11H7ClN2O/c12-10-2-1-8(5-9(10)7-15)11-6-13-3-4-14-11/h1-7H. The predicted octanol–water partition coefficient (Wildman–Crippen LogP) is 2.61. The Bertz CT molecular complexity index is 485. The van der Waals surface area contributed by atoms with Gasteiger partial charge in [-0.3, -0.25) is 14.8 Å². The summed E-state index contributed by atoms with van der Waals surface area (Å²) >= 11 is 5.82. The van der Waals surface area contributed by atoms with Gasteiger partial charge < -0.3 is 0 Å². The number of hydrogen-bond acceptors (Lipinski definition) is 3. The summed E-state index contributed by atoms with van der Waals surface area (Å²) in [6.07, 6.45) is 5.56. The number of rotatable bonds is 2. The maximum atomic E-state index is 10.7. The molecule has 0 radical (unpaired) electrons. The molecule has 0 saturated carbocycles. The highest BCUT2D eigenvalue weighted by Crippen LogP contribution is 2.21. The molecule has 0 aliphatic heterocycles. The van der Waals surface area contributed by atoms with Gasteiger partial charge in [-0.1, -0.05) is 17.7 Å². The second-order valence-electron chi connectivity index (χ2n) is 2.94. The molecule has 2 rings (SSSR count). The van der Waals surface area contributed by atoms with Crippen LogP contribution in [0.15, 0.2) is 36.8 Å². The largest absolute Gasteiger partial charge is 0.298 e. The minimum atomic E-state index is 0.442. The van der Waals surface area contributed by atoms with Gasteiger partial charge in [-0.2, -0.15) is 0 Å². The monoisotopic (exact) mass is 218 g/mol. The summed E-state index contributed by atoms with van der Waals surface area (Å²) in [7, 11) is 0. The Morgan fingerprint density at radius 2 is 2.13 bits per heavy atom. The smallest absolute Gasteiger partial charge is 0.151 e. The molecule has 0 fully saturated rings. The average molecular weight is 219 g/mol. The molecule has 0 aliphatic carbocycles. The molecule has 0 atom stereocenters. The van der Waals surface area contributed by atoms with Crippen molar-refractivity contribution in [3.63, 3.8) is 0 Å². The van der Waals surface area contributed by atoms with Crippen molar-refractivity contribution in [1.29, 1.82) is 0 Å². The van der Waals surface area contributed by atoms with Crippen molar-refractivity contribution in [2.75, 3.05) is 0 Å². The Kier molecular flexibility index (Phi) is 2.74. The number of hydrogen-bond donors (Lipinski definition) is 0. The summed E-state index contributed by atoms with van der Waals surface area (Å²) in [4.78, 5) is 18.8. The Balaban J connectivity index is 2.51. The first kappa shape index (κ1) is 9.80. The first-order chi connectivity index (χ1) is 7.31. The zero-order valence-corrected chi connectivity index (χ0v) is 8.48. The summed E-state index contributed by atoms with van der Waals surface area (Å²) in [6.45, 7) is 0. The zero-order valence-electron chi connectivity index (χ0n) is 7.72. The molecule has 0 spiro atoms. The van der Waals surface area contributed by atoms with E-state index in [2.05, 4.69) is 9.97 Å². The molecule has 15 heavy (non-hydrogen) atoms. The summed E-state index contributed by atoms with van der Waals surface area (Å²) in [5.41, 5.74) is 2.01. The predicted molar refractivity (Wildman–Crippen MR) is 57.9 cm³/mol. The van der Waals surface area contributed by atoms with Crippen molar-refractivity contribution in [3.8, 4) is 11.3 Å². The minimum Gasteiger partial charge on any atom is -0.298 e. The second kappa shape index (κ2) is 4.19. The van der Waals surface area contributed by atoms with Crippen molar-refractivity contribution < 1.29 is 4.79 Å². The molecule has 0 saturated heterocycles. The van der Waals surface area contributed by atoms with Crippen LogP contribution in [0.3, 0.4) is 0 Å². The van der Waals surface area contributed by atoms with Crippen LogP contribution in [0, 0.1) is 0 Å². The first-order valence-corrected chi connectivity index (χ1v) is 4.70. The topological polar surface area (TPSA) is 42.9 Å². The summed E-state index contributed by atoms with van der Waals surface area (Å²) < 4.78 is 0. The van der Waals surface area contributed by atoms with Crippen LogP contribution in [0.4, 0.5) is 0 Å². The highest BCUT2D eigenvalue weighted by atomic mass is 35.5. The maximum absolute atomic E-state index is 10.7. The first-order valence-electron chi connectivity index (χ1n) is 4.32. The summed E-state index contributed by atoms with van der Waals surface area (Å²) in [5, 5.41) is 0.442. The van der Waals surface area contributed by atoms with Crippen LogP contribution >= 0.6 is 11.6 Å². The fourth-order valence-electron chi connectivity index (χ4n) is 1.24. The van der Waals surface area contributed by atoms with Crippen LogP contribution in [0.1, 0.15) is 10.4 Å². The normalized spacial score (nSPS) is 9.93. The number of aromatic nitrogens is 2. The molecule has 1 aromatic carbocycles.